The van der Waals surface area contributed by atoms with Gasteiger partial charge in [0, 0.05) is 17.5 Å². The number of Topliss-reactive ketones (excluding diaryl/α,β-unsaturated/α-hetero) is 1. The predicted molar refractivity (Wildman–Crippen MR) is 120 cm³/mol. The van der Waals surface area contributed by atoms with Crippen molar-refractivity contribution in [1.82, 2.24) is 0 Å². The summed E-state index contributed by atoms with van der Waals surface area (Å²) in [6.45, 7) is 0.000636. The summed E-state index contributed by atoms with van der Waals surface area (Å²) in [4.78, 5) is 36.9. The van der Waals surface area contributed by atoms with Gasteiger partial charge in [0.1, 0.15) is 19.3 Å². The van der Waals surface area contributed by atoms with E-state index in [1.54, 1.807) is 24.3 Å². The first kappa shape index (κ1) is 22.9. The average molecular weight is 431 g/mol. The van der Waals surface area contributed by atoms with Gasteiger partial charge in [0.15, 0.2) is 5.78 Å². The van der Waals surface area contributed by atoms with Crippen LogP contribution in [0.5, 0.6) is 0 Å². The fraction of sp³-hybridized carbons (Fsp3) is 0.192. The van der Waals surface area contributed by atoms with Crippen molar-refractivity contribution in [3.8, 4) is 0 Å². The van der Waals surface area contributed by atoms with E-state index in [2.05, 4.69) is 0 Å². The quantitative estimate of drug-likeness (QED) is 0.389. The molecule has 3 aromatic rings. The number of esters is 2. The molecule has 32 heavy (non-hydrogen) atoms. The van der Waals surface area contributed by atoms with Crippen molar-refractivity contribution in [2.45, 2.75) is 32.1 Å². The maximum absolute atomic E-state index is 12.7. The van der Waals surface area contributed by atoms with Gasteiger partial charge in [0.25, 0.3) is 0 Å². The van der Waals surface area contributed by atoms with Crippen LogP contribution in [0.4, 0.5) is 0 Å². The van der Waals surface area contributed by atoms with E-state index in [0.29, 0.717) is 11.1 Å². The maximum atomic E-state index is 12.7. The Bertz CT molecular complexity index is 1050. The van der Waals surface area contributed by atoms with Gasteiger partial charge in [-0.2, -0.15) is 0 Å². The maximum Gasteiger partial charge on any atom is 0.323 e. The molecule has 0 saturated carbocycles. The minimum absolute atomic E-state index is 0.0657. The third-order valence-electron chi connectivity index (χ3n) is 4.83. The molecule has 1 unspecified atom stereocenters. The molecule has 0 fully saturated rings. The molecule has 6 nitrogen and oxygen atoms in total. The van der Waals surface area contributed by atoms with E-state index < -0.39 is 18.0 Å². The fourth-order valence-corrected chi connectivity index (χ4v) is 3.11. The van der Waals surface area contributed by atoms with E-state index in [-0.39, 0.29) is 31.8 Å². The predicted octanol–water partition coefficient (Wildman–Crippen LogP) is 3.62. The van der Waals surface area contributed by atoms with E-state index in [9.17, 15) is 14.4 Å². The van der Waals surface area contributed by atoms with Crippen LogP contribution in [0.15, 0.2) is 84.9 Å². The minimum Gasteiger partial charge on any atom is -0.461 e. The Morgan fingerprint density at radius 2 is 1.31 bits per heavy atom. The first-order valence-electron chi connectivity index (χ1n) is 10.3. The second-order valence-corrected chi connectivity index (χ2v) is 7.31. The zero-order chi connectivity index (χ0) is 22.8. The van der Waals surface area contributed by atoms with Crippen molar-refractivity contribution in [3.05, 3.63) is 107 Å². The molecule has 0 saturated heterocycles. The summed E-state index contributed by atoms with van der Waals surface area (Å²) in [5.41, 5.74) is 8.61. The van der Waals surface area contributed by atoms with Crippen LogP contribution in [-0.4, -0.2) is 23.8 Å². The highest BCUT2D eigenvalue weighted by atomic mass is 16.5. The van der Waals surface area contributed by atoms with Gasteiger partial charge in [-0.3, -0.25) is 14.4 Å². The number of ether oxygens (including phenoxy) is 2. The normalized spacial score (nSPS) is 11.4. The number of nitrogens with two attached hydrogens (primary N) is 1. The molecule has 0 aromatic heterocycles. The monoisotopic (exact) mass is 431 g/mol. The Hall–Kier alpha value is -3.77. The second-order valence-electron chi connectivity index (χ2n) is 7.31. The molecule has 164 valence electrons. The minimum atomic E-state index is -1.12. The molecule has 0 heterocycles. The molecular weight excluding hydrogens is 406 g/mol. The van der Waals surface area contributed by atoms with Gasteiger partial charge in [-0.25, -0.2) is 0 Å². The molecule has 0 radical (unpaired) electrons. The molecule has 0 amide bonds. The highest BCUT2D eigenvalue weighted by molar-refractivity contribution is 5.98. The average Bonchev–Trinajstić information content (AvgIpc) is 2.82. The zero-order valence-corrected chi connectivity index (χ0v) is 17.6. The van der Waals surface area contributed by atoms with E-state index in [1.807, 2.05) is 60.7 Å². The van der Waals surface area contributed by atoms with Crippen LogP contribution in [0.3, 0.4) is 0 Å². The summed E-state index contributed by atoms with van der Waals surface area (Å²) in [5.74, 6) is -1.38. The van der Waals surface area contributed by atoms with Gasteiger partial charge in [0.05, 0.1) is 6.42 Å². The third-order valence-corrected chi connectivity index (χ3v) is 4.83. The summed E-state index contributed by atoms with van der Waals surface area (Å²) >= 11 is 0. The second kappa shape index (κ2) is 11.6. The number of ketones is 1. The van der Waals surface area contributed by atoms with Gasteiger partial charge in [0.2, 0.25) is 0 Å². The molecule has 3 rings (SSSR count). The number of carbonyl (C=O) groups is 3. The summed E-state index contributed by atoms with van der Waals surface area (Å²) in [5, 5.41) is 0. The summed E-state index contributed by atoms with van der Waals surface area (Å²) in [6, 6.07) is 24.5. The fourth-order valence-electron chi connectivity index (χ4n) is 3.11. The van der Waals surface area contributed by atoms with Crippen molar-refractivity contribution in [1.29, 1.82) is 0 Å². The van der Waals surface area contributed by atoms with Gasteiger partial charge >= 0.3 is 11.9 Å². The third kappa shape index (κ3) is 6.89. The van der Waals surface area contributed by atoms with E-state index in [0.717, 1.165) is 11.1 Å². The van der Waals surface area contributed by atoms with E-state index in [1.165, 1.54) is 0 Å². The lowest BCUT2D eigenvalue weighted by atomic mass is 9.99. The van der Waals surface area contributed by atoms with Gasteiger partial charge < -0.3 is 15.2 Å². The van der Waals surface area contributed by atoms with Gasteiger partial charge in [-0.05, 0) is 11.1 Å². The van der Waals surface area contributed by atoms with Crippen LogP contribution in [0, 0.1) is 0 Å². The molecule has 0 aliphatic carbocycles. The first-order chi connectivity index (χ1) is 15.5. The molecule has 0 aliphatic rings. The number of benzene rings is 3. The highest BCUT2D eigenvalue weighted by Crippen LogP contribution is 2.15. The standard InChI is InChI=1S/C26H25NO5/c27-23(26(30)32-17-20-11-5-2-6-12-20)16-25(29)31-18-21-13-7-8-14-22(21)24(28)15-19-9-3-1-4-10-19/h1-14,23H,15-18,27H2. The number of hydrogen-bond acceptors (Lipinski definition) is 6. The smallest absolute Gasteiger partial charge is 0.323 e. The number of carbonyl (C=O) groups excluding carboxylic acids is 3. The molecule has 0 aliphatic heterocycles. The Balaban J connectivity index is 1.50. The van der Waals surface area contributed by atoms with Crippen molar-refractivity contribution in [2.24, 2.45) is 5.73 Å². The van der Waals surface area contributed by atoms with Crippen molar-refractivity contribution < 1.29 is 23.9 Å². The Morgan fingerprint density at radius 3 is 2.00 bits per heavy atom. The Morgan fingerprint density at radius 1 is 0.719 bits per heavy atom. The van der Waals surface area contributed by atoms with Crippen LogP contribution in [0.25, 0.3) is 0 Å². The van der Waals surface area contributed by atoms with Crippen molar-refractivity contribution in [2.75, 3.05) is 0 Å². The van der Waals surface area contributed by atoms with Crippen LogP contribution in [0.2, 0.25) is 0 Å². The zero-order valence-electron chi connectivity index (χ0n) is 17.6. The van der Waals surface area contributed by atoms with Crippen LogP contribution in [0.1, 0.15) is 33.5 Å². The van der Waals surface area contributed by atoms with Crippen LogP contribution in [-0.2, 0) is 38.7 Å². The van der Waals surface area contributed by atoms with E-state index >= 15 is 0 Å². The lowest BCUT2D eigenvalue weighted by Gasteiger charge is -2.13. The van der Waals surface area contributed by atoms with Crippen LogP contribution >= 0.6 is 0 Å². The largest absolute Gasteiger partial charge is 0.461 e. The number of hydrogen-bond donors (Lipinski definition) is 1. The van der Waals surface area contributed by atoms with E-state index in [4.69, 9.17) is 15.2 Å². The molecule has 2 N–H and O–H groups in total. The summed E-state index contributed by atoms with van der Waals surface area (Å²) < 4.78 is 10.4. The SMILES string of the molecule is NC(CC(=O)OCc1ccccc1C(=O)Cc1ccccc1)C(=O)OCc1ccccc1. The highest BCUT2D eigenvalue weighted by Gasteiger charge is 2.21. The molecule has 0 spiro atoms. The summed E-state index contributed by atoms with van der Waals surface area (Å²) in [6.07, 6.45) is -0.0579. The van der Waals surface area contributed by atoms with Crippen molar-refractivity contribution >= 4 is 17.7 Å². The molecule has 0 bridgehead atoms. The molecule has 1 atom stereocenters. The number of rotatable bonds is 10. The Kier molecular flexibility index (Phi) is 8.29. The first-order valence-corrected chi connectivity index (χ1v) is 10.3. The Labute approximate surface area is 187 Å². The van der Waals surface area contributed by atoms with Crippen LogP contribution < -0.4 is 5.73 Å². The molecule has 3 aromatic carbocycles. The lowest BCUT2D eigenvalue weighted by Crippen LogP contribution is -2.35. The van der Waals surface area contributed by atoms with Crippen molar-refractivity contribution in [3.63, 3.8) is 0 Å². The molecular formula is C26H25NO5. The van der Waals surface area contributed by atoms with Gasteiger partial charge in [-0.15, -0.1) is 0 Å². The lowest BCUT2D eigenvalue weighted by molar-refractivity contribution is -0.153. The van der Waals surface area contributed by atoms with Gasteiger partial charge in [-0.1, -0.05) is 84.9 Å². The topological polar surface area (TPSA) is 95.7 Å². The molecule has 6 heteroatoms. The summed E-state index contributed by atoms with van der Waals surface area (Å²) in [7, 11) is 0.